The molecule has 3 atom stereocenters. The first-order valence-corrected chi connectivity index (χ1v) is 9.37. The molecule has 120 valence electrons. The number of nitrogens with one attached hydrogen (secondary N) is 1. The average Bonchev–Trinajstić information content (AvgIpc) is 3.08. The van der Waals surface area contributed by atoms with Crippen LogP contribution in [0, 0.1) is 23.7 Å². The van der Waals surface area contributed by atoms with Gasteiger partial charge in [-0.3, -0.25) is 4.79 Å². The number of rotatable bonds is 5. The minimum Gasteiger partial charge on any atom is -0.481 e. The van der Waals surface area contributed by atoms with Gasteiger partial charge in [-0.15, -0.1) is 0 Å². The van der Waals surface area contributed by atoms with Gasteiger partial charge in [0.25, 0.3) is 10.2 Å². The van der Waals surface area contributed by atoms with Crippen LogP contribution in [-0.2, 0) is 15.0 Å². The fourth-order valence-electron chi connectivity index (χ4n) is 4.27. The van der Waals surface area contributed by atoms with Crippen LogP contribution in [0.4, 0.5) is 0 Å². The smallest absolute Gasteiger partial charge is 0.306 e. The van der Waals surface area contributed by atoms with Crippen molar-refractivity contribution in [2.24, 2.45) is 23.7 Å². The lowest BCUT2D eigenvalue weighted by Gasteiger charge is -2.30. The number of carboxylic acids is 1. The predicted octanol–water partition coefficient (Wildman–Crippen LogP) is 1.05. The molecule has 0 radical (unpaired) electrons. The molecule has 0 spiro atoms. The Balaban J connectivity index is 1.49. The quantitative estimate of drug-likeness (QED) is 0.794. The molecule has 21 heavy (non-hydrogen) atoms. The third-order valence-corrected chi connectivity index (χ3v) is 7.13. The maximum absolute atomic E-state index is 12.3. The Morgan fingerprint density at radius 1 is 1.14 bits per heavy atom. The topological polar surface area (TPSA) is 86.7 Å². The van der Waals surface area contributed by atoms with Crippen molar-refractivity contribution >= 4 is 16.2 Å². The van der Waals surface area contributed by atoms with E-state index in [0.717, 1.165) is 12.3 Å². The van der Waals surface area contributed by atoms with E-state index in [1.165, 1.54) is 23.6 Å². The molecule has 0 aromatic heterocycles. The average molecular weight is 316 g/mol. The maximum Gasteiger partial charge on any atom is 0.306 e. The first-order chi connectivity index (χ1) is 9.95. The van der Waals surface area contributed by atoms with Crippen LogP contribution >= 0.6 is 0 Å². The zero-order chi connectivity index (χ0) is 15.0. The van der Waals surface area contributed by atoms with Gasteiger partial charge in [0, 0.05) is 19.6 Å². The van der Waals surface area contributed by atoms with Crippen molar-refractivity contribution in [3.8, 4) is 0 Å². The van der Waals surface area contributed by atoms with E-state index >= 15 is 0 Å². The van der Waals surface area contributed by atoms with Gasteiger partial charge >= 0.3 is 5.97 Å². The minimum absolute atomic E-state index is 0.309. The van der Waals surface area contributed by atoms with Crippen LogP contribution in [0.5, 0.6) is 0 Å². The van der Waals surface area contributed by atoms with Crippen LogP contribution < -0.4 is 4.72 Å². The Kier molecular flexibility index (Phi) is 4.25. The molecule has 0 aromatic rings. The Bertz CT molecular complexity index is 499. The predicted molar refractivity (Wildman–Crippen MR) is 77.8 cm³/mol. The second kappa shape index (κ2) is 5.85. The van der Waals surface area contributed by atoms with Gasteiger partial charge in [0.2, 0.25) is 0 Å². The lowest BCUT2D eigenvalue weighted by Crippen LogP contribution is -2.47. The number of nitrogens with zero attached hydrogens (tertiary/aromatic N) is 1. The Labute approximate surface area is 126 Å². The molecular weight excluding hydrogens is 292 g/mol. The highest BCUT2D eigenvalue weighted by Gasteiger charge is 2.40. The lowest BCUT2D eigenvalue weighted by molar-refractivity contribution is -0.142. The van der Waals surface area contributed by atoms with Crippen molar-refractivity contribution in [3.05, 3.63) is 0 Å². The molecule has 2 saturated carbocycles. The van der Waals surface area contributed by atoms with Gasteiger partial charge in [0.05, 0.1) is 5.92 Å². The largest absolute Gasteiger partial charge is 0.481 e. The Morgan fingerprint density at radius 2 is 1.86 bits per heavy atom. The van der Waals surface area contributed by atoms with Gasteiger partial charge in [-0.2, -0.15) is 12.7 Å². The summed E-state index contributed by atoms with van der Waals surface area (Å²) < 4.78 is 28.7. The maximum atomic E-state index is 12.3. The van der Waals surface area contributed by atoms with Gasteiger partial charge in [0.15, 0.2) is 0 Å². The molecule has 2 aliphatic carbocycles. The zero-order valence-corrected chi connectivity index (χ0v) is 13.0. The molecule has 1 aliphatic heterocycles. The standard InChI is InChI=1S/C14H24N2O4S/c17-14(18)11-3-5-16(6-4-11)21(19,20)15-9-13-8-10-1-2-12(13)7-10/h10-13,15H,1-9H2,(H,17,18). The van der Waals surface area contributed by atoms with Gasteiger partial charge in [0.1, 0.15) is 0 Å². The fraction of sp³-hybridized carbons (Fsp3) is 0.929. The Morgan fingerprint density at radius 3 is 2.38 bits per heavy atom. The van der Waals surface area contributed by atoms with Crippen molar-refractivity contribution in [3.63, 3.8) is 0 Å². The van der Waals surface area contributed by atoms with Crippen LogP contribution in [0.1, 0.15) is 38.5 Å². The molecule has 3 fully saturated rings. The molecule has 2 bridgehead atoms. The van der Waals surface area contributed by atoms with Crippen molar-refractivity contribution in [2.45, 2.75) is 38.5 Å². The molecule has 3 unspecified atom stereocenters. The fourth-order valence-corrected chi connectivity index (χ4v) is 5.57. The highest BCUT2D eigenvalue weighted by atomic mass is 32.2. The van der Waals surface area contributed by atoms with Crippen LogP contribution in [0.25, 0.3) is 0 Å². The van der Waals surface area contributed by atoms with E-state index in [2.05, 4.69) is 4.72 Å². The highest BCUT2D eigenvalue weighted by molar-refractivity contribution is 7.87. The van der Waals surface area contributed by atoms with E-state index in [1.54, 1.807) is 0 Å². The summed E-state index contributed by atoms with van der Waals surface area (Å²) in [5.41, 5.74) is 0. The van der Waals surface area contributed by atoms with Gasteiger partial charge in [-0.25, -0.2) is 4.72 Å². The summed E-state index contributed by atoms with van der Waals surface area (Å²) in [4.78, 5) is 10.9. The van der Waals surface area contributed by atoms with Crippen molar-refractivity contribution in [1.82, 2.24) is 9.03 Å². The molecule has 3 aliphatic rings. The molecule has 2 N–H and O–H groups in total. The van der Waals surface area contributed by atoms with Crippen molar-refractivity contribution in [2.75, 3.05) is 19.6 Å². The molecule has 7 heteroatoms. The van der Waals surface area contributed by atoms with E-state index in [-0.39, 0.29) is 0 Å². The second-order valence-corrected chi connectivity index (χ2v) is 8.56. The summed E-state index contributed by atoms with van der Waals surface area (Å²) >= 11 is 0. The molecule has 1 heterocycles. The molecule has 0 amide bonds. The number of aliphatic carboxylic acids is 1. The monoisotopic (exact) mass is 316 g/mol. The van der Waals surface area contributed by atoms with Crippen LogP contribution in [-0.4, -0.2) is 43.4 Å². The summed E-state index contributed by atoms with van der Waals surface area (Å²) in [7, 11) is -3.45. The van der Waals surface area contributed by atoms with Crippen molar-refractivity contribution < 1.29 is 18.3 Å². The molecule has 3 rings (SSSR count). The minimum atomic E-state index is -3.45. The van der Waals surface area contributed by atoms with E-state index < -0.39 is 22.1 Å². The summed E-state index contributed by atoms with van der Waals surface area (Å²) in [5.74, 6) is 0.797. The first kappa shape index (κ1) is 15.2. The third kappa shape index (κ3) is 3.24. The van der Waals surface area contributed by atoms with Gasteiger partial charge < -0.3 is 5.11 Å². The molecule has 6 nitrogen and oxygen atoms in total. The summed E-state index contributed by atoms with van der Waals surface area (Å²) in [6, 6.07) is 0. The van der Waals surface area contributed by atoms with E-state index in [0.29, 0.717) is 44.3 Å². The van der Waals surface area contributed by atoms with E-state index in [4.69, 9.17) is 5.11 Å². The lowest BCUT2D eigenvalue weighted by atomic mass is 9.89. The third-order valence-electron chi connectivity index (χ3n) is 5.56. The number of fused-ring (bicyclic) bond motifs is 2. The SMILES string of the molecule is O=C(O)C1CCN(S(=O)(=O)NCC2CC3CCC2C3)CC1. The van der Waals surface area contributed by atoms with Gasteiger partial charge in [-0.1, -0.05) is 6.42 Å². The van der Waals surface area contributed by atoms with Crippen LogP contribution in [0.2, 0.25) is 0 Å². The zero-order valence-electron chi connectivity index (χ0n) is 12.2. The van der Waals surface area contributed by atoms with E-state index in [9.17, 15) is 13.2 Å². The molecular formula is C14H24N2O4S. The summed E-state index contributed by atoms with van der Waals surface area (Å²) in [6.07, 6.45) is 5.82. The summed E-state index contributed by atoms with van der Waals surface area (Å²) in [5, 5.41) is 8.95. The van der Waals surface area contributed by atoms with Crippen LogP contribution in [0.15, 0.2) is 0 Å². The van der Waals surface area contributed by atoms with Crippen molar-refractivity contribution in [1.29, 1.82) is 0 Å². The highest BCUT2D eigenvalue weighted by Crippen LogP contribution is 2.48. The summed E-state index contributed by atoms with van der Waals surface area (Å²) in [6.45, 7) is 1.16. The number of hydrogen-bond donors (Lipinski definition) is 2. The molecule has 1 saturated heterocycles. The number of carbonyl (C=O) groups is 1. The first-order valence-electron chi connectivity index (χ1n) is 7.93. The van der Waals surface area contributed by atoms with E-state index in [1.807, 2.05) is 0 Å². The number of hydrogen-bond acceptors (Lipinski definition) is 3. The number of piperidine rings is 1. The number of carboxylic acid groups (broad SMARTS) is 1. The normalized spacial score (nSPS) is 34.4. The Hall–Kier alpha value is -0.660. The van der Waals surface area contributed by atoms with Crippen LogP contribution in [0.3, 0.4) is 0 Å². The second-order valence-electron chi connectivity index (χ2n) is 6.80. The van der Waals surface area contributed by atoms with Gasteiger partial charge in [-0.05, 0) is 49.9 Å². The molecule has 0 aromatic carbocycles.